The van der Waals surface area contributed by atoms with Crippen molar-refractivity contribution < 1.29 is 24.5 Å². The van der Waals surface area contributed by atoms with Crippen molar-refractivity contribution in [3.05, 3.63) is 24.3 Å². The normalized spacial score (nSPS) is 12.8. The summed E-state index contributed by atoms with van der Waals surface area (Å²) in [4.78, 5) is 24.5. The Balaban J connectivity index is 3.49. The van der Waals surface area contributed by atoms with Crippen LogP contribution >= 0.6 is 0 Å². The molecule has 6 nitrogen and oxygen atoms in total. The highest BCUT2D eigenvalue weighted by Crippen LogP contribution is 2.17. The van der Waals surface area contributed by atoms with Crippen LogP contribution in [0.4, 0.5) is 0 Å². The van der Waals surface area contributed by atoms with Crippen molar-refractivity contribution >= 4 is 11.9 Å². The van der Waals surface area contributed by atoms with Gasteiger partial charge in [0, 0.05) is 12.8 Å². The molecule has 378 valence electrons. The van der Waals surface area contributed by atoms with E-state index >= 15 is 0 Å². The molecule has 2 atom stereocenters. The van der Waals surface area contributed by atoms with Crippen LogP contribution in [0.2, 0.25) is 0 Å². The lowest BCUT2D eigenvalue weighted by atomic mass is 10.0. The summed E-state index contributed by atoms with van der Waals surface area (Å²) in [6, 6.07) is -0.557. The number of amides is 1. The van der Waals surface area contributed by atoms with Gasteiger partial charge in [0.05, 0.1) is 25.4 Å². The molecular formula is C58H111NO5. The third-order valence-electron chi connectivity index (χ3n) is 13.3. The number of hydrogen-bond acceptors (Lipinski definition) is 5. The van der Waals surface area contributed by atoms with Gasteiger partial charge in [-0.1, -0.05) is 263 Å². The molecule has 2 unspecified atom stereocenters. The van der Waals surface area contributed by atoms with E-state index in [0.717, 1.165) is 77.0 Å². The number of ether oxygens (including phenoxy) is 1. The van der Waals surface area contributed by atoms with E-state index in [1.54, 1.807) is 0 Å². The number of aliphatic hydroxyl groups excluding tert-OH is 2. The third-order valence-corrected chi connectivity index (χ3v) is 13.3. The molecule has 6 heteroatoms. The van der Waals surface area contributed by atoms with Gasteiger partial charge in [-0.25, -0.2) is 0 Å². The van der Waals surface area contributed by atoms with Crippen molar-refractivity contribution in [3.63, 3.8) is 0 Å². The first-order valence-electron chi connectivity index (χ1n) is 28.6. The molecule has 0 rings (SSSR count). The zero-order chi connectivity index (χ0) is 46.5. The summed E-state index contributed by atoms with van der Waals surface area (Å²) in [5.74, 6) is -0.0735. The molecule has 0 aromatic heterocycles. The Morgan fingerprint density at radius 2 is 0.766 bits per heavy atom. The van der Waals surface area contributed by atoms with Crippen LogP contribution in [0.1, 0.15) is 309 Å². The number of hydrogen-bond donors (Lipinski definition) is 3. The van der Waals surface area contributed by atoms with Crippen molar-refractivity contribution in [2.45, 2.75) is 321 Å². The maximum atomic E-state index is 12.5. The Bertz CT molecular complexity index is 997. The first-order chi connectivity index (χ1) is 31.5. The van der Waals surface area contributed by atoms with Gasteiger partial charge in [-0.15, -0.1) is 0 Å². The van der Waals surface area contributed by atoms with Crippen molar-refractivity contribution in [1.29, 1.82) is 0 Å². The predicted octanol–water partition coefficient (Wildman–Crippen LogP) is 17.5. The Labute approximate surface area is 399 Å². The first-order valence-corrected chi connectivity index (χ1v) is 28.6. The van der Waals surface area contributed by atoms with Gasteiger partial charge >= 0.3 is 5.97 Å². The van der Waals surface area contributed by atoms with Crippen molar-refractivity contribution in [3.8, 4) is 0 Å². The molecule has 0 aromatic carbocycles. The second kappa shape index (κ2) is 54.0. The van der Waals surface area contributed by atoms with Crippen LogP contribution in [0.3, 0.4) is 0 Å². The van der Waals surface area contributed by atoms with E-state index < -0.39 is 12.1 Å². The summed E-state index contributed by atoms with van der Waals surface area (Å²) in [6.07, 6.45) is 64.5. The van der Waals surface area contributed by atoms with E-state index in [1.807, 2.05) is 0 Å². The number of rotatable bonds is 53. The average Bonchev–Trinajstić information content (AvgIpc) is 3.29. The van der Waals surface area contributed by atoms with E-state index in [1.165, 1.54) is 199 Å². The lowest BCUT2D eigenvalue weighted by Crippen LogP contribution is -2.45. The fraction of sp³-hybridized carbons (Fsp3) is 0.897. The number of aliphatic hydroxyl groups is 2. The van der Waals surface area contributed by atoms with Crippen LogP contribution in [0.25, 0.3) is 0 Å². The van der Waals surface area contributed by atoms with Gasteiger partial charge in [0.1, 0.15) is 0 Å². The molecule has 0 aliphatic rings. The molecule has 0 fully saturated rings. The first kappa shape index (κ1) is 62.3. The summed E-state index contributed by atoms with van der Waals surface area (Å²) in [5, 5.41) is 23.2. The van der Waals surface area contributed by atoms with E-state index in [-0.39, 0.29) is 18.5 Å². The van der Waals surface area contributed by atoms with Crippen molar-refractivity contribution in [2.24, 2.45) is 0 Å². The van der Waals surface area contributed by atoms with Crippen molar-refractivity contribution in [1.82, 2.24) is 5.32 Å². The molecule has 0 saturated carbocycles. The van der Waals surface area contributed by atoms with Gasteiger partial charge < -0.3 is 20.3 Å². The molecule has 0 spiro atoms. The second-order valence-corrected chi connectivity index (χ2v) is 19.7. The van der Waals surface area contributed by atoms with Gasteiger partial charge in [-0.05, 0) is 57.8 Å². The molecule has 1 amide bonds. The van der Waals surface area contributed by atoms with E-state index in [4.69, 9.17) is 4.74 Å². The number of carbonyl (C=O) groups excluding carboxylic acids is 2. The molecule has 0 aromatic rings. The molecule has 0 radical (unpaired) electrons. The van der Waals surface area contributed by atoms with Crippen LogP contribution in [-0.4, -0.2) is 47.4 Å². The molecule has 3 N–H and O–H groups in total. The van der Waals surface area contributed by atoms with Crippen LogP contribution in [0.5, 0.6) is 0 Å². The molecular weight excluding hydrogens is 791 g/mol. The molecule has 0 aliphatic heterocycles. The zero-order valence-corrected chi connectivity index (χ0v) is 43.0. The molecule has 0 heterocycles. The standard InChI is InChI=1S/C58H111NO5/c1-3-5-7-9-11-13-15-17-19-20-24-28-32-36-40-44-48-52-58(63)64-53-49-45-41-37-33-29-25-21-23-27-31-35-39-43-47-51-57(62)59-55(54-60)56(61)50-46-42-38-34-30-26-22-18-16-14-12-10-8-6-4-2/h21,25,29,33,55-56,60-61H,3-20,22-24,26-28,30-32,34-54H2,1-2H3,(H,59,62)/b25-21-,33-29-. The SMILES string of the molecule is CCCCCCCCCCCCCCCCCCCC(=O)OCCCCC/C=C\C=C/CCCCCCCCC(=O)NC(CO)C(O)CCCCCCCCCCCCCCCCC. The number of nitrogens with one attached hydrogen (secondary N) is 1. The maximum Gasteiger partial charge on any atom is 0.305 e. The van der Waals surface area contributed by atoms with Gasteiger partial charge in [-0.2, -0.15) is 0 Å². The highest BCUT2D eigenvalue weighted by atomic mass is 16.5. The van der Waals surface area contributed by atoms with Crippen LogP contribution in [0.15, 0.2) is 24.3 Å². The number of carbonyl (C=O) groups is 2. The topological polar surface area (TPSA) is 95.9 Å². The number of esters is 1. The third kappa shape index (κ3) is 49.8. The lowest BCUT2D eigenvalue weighted by Gasteiger charge is -2.22. The van der Waals surface area contributed by atoms with E-state index in [2.05, 4.69) is 43.5 Å². The second-order valence-electron chi connectivity index (χ2n) is 19.7. The number of unbranched alkanes of at least 4 members (excludes halogenated alkanes) is 39. The van der Waals surface area contributed by atoms with E-state index in [9.17, 15) is 19.8 Å². The summed E-state index contributed by atoms with van der Waals surface area (Å²) in [5.41, 5.74) is 0. The summed E-state index contributed by atoms with van der Waals surface area (Å²) >= 11 is 0. The van der Waals surface area contributed by atoms with Crippen LogP contribution < -0.4 is 5.32 Å². The lowest BCUT2D eigenvalue weighted by molar-refractivity contribution is -0.143. The minimum atomic E-state index is -0.678. The highest BCUT2D eigenvalue weighted by molar-refractivity contribution is 5.76. The largest absolute Gasteiger partial charge is 0.466 e. The van der Waals surface area contributed by atoms with Gasteiger partial charge in [0.15, 0.2) is 0 Å². The monoisotopic (exact) mass is 902 g/mol. The zero-order valence-electron chi connectivity index (χ0n) is 43.0. The minimum absolute atomic E-state index is 0.0175. The molecule has 64 heavy (non-hydrogen) atoms. The van der Waals surface area contributed by atoms with Gasteiger partial charge in [-0.3, -0.25) is 9.59 Å². The summed E-state index contributed by atoms with van der Waals surface area (Å²) < 4.78 is 5.46. The fourth-order valence-corrected chi connectivity index (χ4v) is 8.87. The average molecular weight is 903 g/mol. The smallest absolute Gasteiger partial charge is 0.305 e. The Kier molecular flexibility index (Phi) is 52.6. The van der Waals surface area contributed by atoms with Crippen LogP contribution in [0, 0.1) is 0 Å². The number of allylic oxidation sites excluding steroid dienone is 4. The minimum Gasteiger partial charge on any atom is -0.466 e. The molecule has 0 bridgehead atoms. The van der Waals surface area contributed by atoms with Gasteiger partial charge in [0.2, 0.25) is 5.91 Å². The van der Waals surface area contributed by atoms with Crippen LogP contribution in [-0.2, 0) is 14.3 Å². The Morgan fingerprint density at radius 1 is 0.438 bits per heavy atom. The highest BCUT2D eigenvalue weighted by Gasteiger charge is 2.20. The quantitative estimate of drug-likeness (QED) is 0.0321. The summed E-state index contributed by atoms with van der Waals surface area (Å²) in [7, 11) is 0. The Hall–Kier alpha value is -1.66. The molecule has 0 saturated heterocycles. The maximum absolute atomic E-state index is 12.5. The fourth-order valence-electron chi connectivity index (χ4n) is 8.87. The summed E-state index contributed by atoms with van der Waals surface area (Å²) in [6.45, 7) is 4.91. The van der Waals surface area contributed by atoms with E-state index in [0.29, 0.717) is 25.9 Å². The molecule has 0 aliphatic carbocycles. The Morgan fingerprint density at radius 3 is 1.16 bits per heavy atom. The van der Waals surface area contributed by atoms with Crippen molar-refractivity contribution in [2.75, 3.05) is 13.2 Å². The predicted molar refractivity (Wildman–Crippen MR) is 278 cm³/mol. The van der Waals surface area contributed by atoms with Gasteiger partial charge in [0.25, 0.3) is 0 Å².